The Hall–Kier alpha value is -2.59. The molecular formula is C42H55F5O4. The summed E-state index contributed by atoms with van der Waals surface area (Å²) in [5, 5.41) is 0. The van der Waals surface area contributed by atoms with Crippen LogP contribution in [-0.2, 0) is 18.9 Å². The summed E-state index contributed by atoms with van der Waals surface area (Å²) in [4.78, 5) is 0. The van der Waals surface area contributed by atoms with Gasteiger partial charge in [0.1, 0.15) is 5.82 Å². The molecule has 0 radical (unpaired) electrons. The number of ether oxygens (including phenoxy) is 4. The molecule has 2 aliphatic heterocycles. The number of halogens is 5. The second-order valence-electron chi connectivity index (χ2n) is 15.5. The van der Waals surface area contributed by atoms with Gasteiger partial charge in [0.05, 0.1) is 26.4 Å². The Kier molecular flexibility index (Phi) is 15.6. The summed E-state index contributed by atoms with van der Waals surface area (Å²) >= 11 is 0. The van der Waals surface area contributed by atoms with Crippen LogP contribution >= 0.6 is 0 Å². The lowest BCUT2D eigenvalue weighted by molar-refractivity contribution is -0.206. The van der Waals surface area contributed by atoms with Crippen LogP contribution in [0.1, 0.15) is 126 Å². The fourth-order valence-electron chi connectivity index (χ4n) is 7.78. The molecule has 0 spiro atoms. The molecule has 2 aromatic carbocycles. The molecule has 0 amide bonds. The first-order chi connectivity index (χ1) is 24.6. The van der Waals surface area contributed by atoms with Crippen molar-refractivity contribution in [3.05, 3.63) is 82.7 Å². The van der Waals surface area contributed by atoms with Gasteiger partial charge in [0, 0.05) is 40.7 Å². The van der Waals surface area contributed by atoms with Crippen molar-refractivity contribution in [2.45, 2.75) is 103 Å². The quantitative estimate of drug-likeness (QED) is 0.229. The van der Waals surface area contributed by atoms with Crippen LogP contribution in [-0.4, -0.2) is 26.4 Å². The molecule has 9 heteroatoms. The van der Waals surface area contributed by atoms with E-state index in [9.17, 15) is 22.0 Å². The summed E-state index contributed by atoms with van der Waals surface area (Å²) in [5.74, 6) is 3.63. The van der Waals surface area contributed by atoms with Crippen molar-refractivity contribution in [1.82, 2.24) is 0 Å². The molecule has 2 aromatic rings. The van der Waals surface area contributed by atoms with Gasteiger partial charge in [-0.25, -0.2) is 4.39 Å². The molecule has 0 unspecified atom stereocenters. The fraction of sp³-hybridized carbons (Fsp3) is 0.619. The Morgan fingerprint density at radius 3 is 1.39 bits per heavy atom. The average Bonchev–Trinajstić information content (AvgIpc) is 3.13. The van der Waals surface area contributed by atoms with Gasteiger partial charge < -0.3 is 18.9 Å². The van der Waals surface area contributed by atoms with Crippen molar-refractivity contribution < 1.29 is 40.9 Å². The van der Waals surface area contributed by atoms with Crippen molar-refractivity contribution in [3.63, 3.8) is 0 Å². The summed E-state index contributed by atoms with van der Waals surface area (Å²) in [6.07, 6.45) is 12.4. The molecule has 0 N–H and O–H groups in total. The van der Waals surface area contributed by atoms with Gasteiger partial charge in [0.2, 0.25) is 0 Å². The predicted octanol–water partition coefficient (Wildman–Crippen LogP) is 12.5. The third-order valence-corrected chi connectivity index (χ3v) is 11.2. The lowest BCUT2D eigenvalue weighted by Gasteiger charge is -2.32. The summed E-state index contributed by atoms with van der Waals surface area (Å²) in [7, 11) is 0. The lowest BCUT2D eigenvalue weighted by atomic mass is 9.80. The molecular weight excluding hydrogens is 663 g/mol. The minimum atomic E-state index is -1.92. The van der Waals surface area contributed by atoms with E-state index in [-0.39, 0.29) is 11.9 Å². The molecule has 2 saturated heterocycles. The number of benzene rings is 2. The maximum absolute atomic E-state index is 13.9. The number of hydrogen-bond donors (Lipinski definition) is 0. The van der Waals surface area contributed by atoms with Crippen LogP contribution in [0.2, 0.25) is 0 Å². The molecule has 6 rings (SSSR count). The minimum absolute atomic E-state index is 0.135. The molecule has 4 nitrogen and oxygen atoms in total. The molecule has 0 bridgehead atoms. The van der Waals surface area contributed by atoms with Gasteiger partial charge in [-0.15, -0.1) is 0 Å². The second-order valence-corrected chi connectivity index (χ2v) is 15.5. The molecule has 2 aliphatic carbocycles. The monoisotopic (exact) mass is 718 g/mol. The largest absolute Gasteiger partial charge is 0.348 e. The van der Waals surface area contributed by atoms with Crippen molar-refractivity contribution in [2.75, 3.05) is 26.4 Å². The van der Waals surface area contributed by atoms with Crippen molar-refractivity contribution in [3.8, 4) is 0 Å². The predicted molar refractivity (Wildman–Crippen MR) is 190 cm³/mol. The molecule has 2 heterocycles. The van der Waals surface area contributed by atoms with E-state index in [0.29, 0.717) is 55.5 Å². The highest BCUT2D eigenvalue weighted by Crippen LogP contribution is 2.36. The van der Waals surface area contributed by atoms with Crippen LogP contribution in [0.25, 0.3) is 12.2 Å². The highest BCUT2D eigenvalue weighted by Gasteiger charge is 2.27. The molecule has 0 aromatic heterocycles. The van der Waals surface area contributed by atoms with Crippen LogP contribution < -0.4 is 0 Å². The molecule has 51 heavy (non-hydrogen) atoms. The van der Waals surface area contributed by atoms with E-state index in [2.05, 4.69) is 13.8 Å². The smallest absolute Gasteiger partial charge is 0.271 e. The van der Waals surface area contributed by atoms with E-state index >= 15 is 0 Å². The average molecular weight is 719 g/mol. The van der Waals surface area contributed by atoms with Gasteiger partial charge in [0.15, 0.2) is 12.6 Å². The second kappa shape index (κ2) is 20.0. The van der Waals surface area contributed by atoms with Crippen LogP contribution in [0.3, 0.4) is 0 Å². The van der Waals surface area contributed by atoms with Crippen LogP contribution in [0.4, 0.5) is 22.0 Å². The zero-order valence-electron chi connectivity index (χ0n) is 30.2. The highest BCUT2D eigenvalue weighted by molar-refractivity contribution is 5.51. The topological polar surface area (TPSA) is 36.9 Å². The Labute approximate surface area is 300 Å². The Morgan fingerprint density at radius 1 is 0.549 bits per heavy atom. The lowest BCUT2D eigenvalue weighted by Crippen LogP contribution is -2.28. The summed E-state index contributed by atoms with van der Waals surface area (Å²) in [5.41, 5.74) is 1.76. The van der Waals surface area contributed by atoms with Gasteiger partial charge in [-0.2, -0.15) is 17.6 Å². The van der Waals surface area contributed by atoms with E-state index in [1.165, 1.54) is 82.8 Å². The first kappa shape index (κ1) is 39.6. The first-order valence-corrected chi connectivity index (χ1v) is 19.0. The fourth-order valence-corrected chi connectivity index (χ4v) is 7.78. The maximum Gasteiger partial charge on any atom is 0.271 e. The van der Waals surface area contributed by atoms with E-state index in [4.69, 9.17) is 18.9 Å². The SMILES string of the molecule is CC1CCC(CCC2COC(c3ccc(C=C(F)F)c(F)c3)OC2)CC1.CC1CCC(CCC2COC(c3ccc(C=C(F)F)cc3)OC2)CC1. The Bertz CT molecular complexity index is 1370. The van der Waals surface area contributed by atoms with Gasteiger partial charge in [-0.3, -0.25) is 0 Å². The zero-order valence-corrected chi connectivity index (χ0v) is 30.2. The Morgan fingerprint density at radius 2 is 0.961 bits per heavy atom. The third kappa shape index (κ3) is 13.1. The number of rotatable bonds is 10. The summed E-state index contributed by atoms with van der Waals surface area (Å²) in [6, 6.07) is 11.0. The van der Waals surface area contributed by atoms with Crippen molar-refractivity contribution in [1.29, 1.82) is 0 Å². The van der Waals surface area contributed by atoms with Gasteiger partial charge in [0.25, 0.3) is 12.2 Å². The van der Waals surface area contributed by atoms with E-state index in [1.807, 2.05) is 0 Å². The molecule has 4 aliphatic rings. The van der Waals surface area contributed by atoms with Gasteiger partial charge in [-0.05, 0) is 48.1 Å². The van der Waals surface area contributed by atoms with Gasteiger partial charge in [-0.1, -0.05) is 114 Å². The maximum atomic E-state index is 13.9. The molecule has 2 saturated carbocycles. The zero-order chi connectivity index (χ0) is 36.2. The van der Waals surface area contributed by atoms with E-state index in [1.54, 1.807) is 30.3 Å². The normalized spacial score (nSPS) is 29.7. The molecule has 282 valence electrons. The third-order valence-electron chi connectivity index (χ3n) is 11.2. The van der Waals surface area contributed by atoms with E-state index in [0.717, 1.165) is 41.7 Å². The number of hydrogen-bond acceptors (Lipinski definition) is 4. The standard InChI is InChI=1S/C21H27F3O2.C21H28F2O2/c1-14-2-4-15(5-3-14)6-7-16-12-25-21(26-13-16)18-9-8-17(11-20(23)24)19(22)10-18;1-15-2-4-16(5-3-15)6-7-18-13-24-21(25-14-18)19-10-8-17(9-11-19)12-20(22)23/h8-11,14-16,21H,2-7,12-13H2,1H3;8-12,15-16,18,21H,2-7,13-14H2,1H3. The van der Waals surface area contributed by atoms with Gasteiger partial charge >= 0.3 is 0 Å². The highest BCUT2D eigenvalue weighted by atomic mass is 19.3. The van der Waals surface area contributed by atoms with Crippen LogP contribution in [0, 0.1) is 41.3 Å². The Balaban J connectivity index is 0.000000198. The minimum Gasteiger partial charge on any atom is -0.348 e. The van der Waals surface area contributed by atoms with Crippen molar-refractivity contribution in [2.24, 2.45) is 35.5 Å². The van der Waals surface area contributed by atoms with Crippen LogP contribution in [0.15, 0.2) is 54.6 Å². The summed E-state index contributed by atoms with van der Waals surface area (Å²) < 4.78 is 86.2. The molecule has 0 atom stereocenters. The summed E-state index contributed by atoms with van der Waals surface area (Å²) in [6.45, 7) is 7.31. The molecule has 4 fully saturated rings. The van der Waals surface area contributed by atoms with Crippen molar-refractivity contribution >= 4 is 12.2 Å². The van der Waals surface area contributed by atoms with E-state index < -0.39 is 24.3 Å². The first-order valence-electron chi connectivity index (χ1n) is 19.0. The van der Waals surface area contributed by atoms with Crippen LogP contribution in [0.5, 0.6) is 0 Å².